The topological polar surface area (TPSA) is 74.8 Å². The van der Waals surface area contributed by atoms with E-state index in [0.717, 1.165) is 12.0 Å². The molecule has 1 aromatic rings. The quantitative estimate of drug-likeness (QED) is 0.732. The molecule has 1 fully saturated rings. The maximum absolute atomic E-state index is 12.8. The second-order valence-electron chi connectivity index (χ2n) is 7.75. The Labute approximate surface area is 158 Å². The van der Waals surface area contributed by atoms with Crippen LogP contribution in [-0.2, 0) is 25.5 Å². The number of hydrogen-bond acceptors (Lipinski definition) is 4. The molecule has 1 aromatic carbocycles. The molecule has 6 nitrogen and oxygen atoms in total. The van der Waals surface area contributed by atoms with Gasteiger partial charge in [0.1, 0.15) is 0 Å². The van der Waals surface area contributed by atoms with E-state index in [0.29, 0.717) is 6.42 Å². The van der Waals surface area contributed by atoms with E-state index in [1.807, 2.05) is 19.1 Å². The predicted octanol–water partition coefficient (Wildman–Crippen LogP) is 2.42. The third-order valence-corrected chi connectivity index (χ3v) is 8.57. The zero-order valence-corrected chi connectivity index (χ0v) is 17.7. The van der Waals surface area contributed by atoms with E-state index in [4.69, 9.17) is 0 Å². The monoisotopic (exact) mass is 402 g/mol. The summed E-state index contributed by atoms with van der Waals surface area (Å²) in [4.78, 5) is 0.257. The second kappa shape index (κ2) is 7.96. The van der Waals surface area contributed by atoms with Crippen molar-refractivity contribution in [1.29, 1.82) is 0 Å². The first-order valence-electron chi connectivity index (χ1n) is 9.07. The maximum Gasteiger partial charge on any atom is 0.243 e. The van der Waals surface area contributed by atoms with Crippen LogP contribution in [-0.4, -0.2) is 57.4 Å². The zero-order chi connectivity index (χ0) is 19.6. The average Bonchev–Trinajstić information content (AvgIpc) is 2.59. The highest BCUT2D eigenvalue weighted by molar-refractivity contribution is 7.89. The predicted molar refractivity (Wildman–Crippen MR) is 104 cm³/mol. The molecule has 1 aliphatic rings. The van der Waals surface area contributed by atoms with E-state index < -0.39 is 20.0 Å². The first-order chi connectivity index (χ1) is 12.0. The summed E-state index contributed by atoms with van der Waals surface area (Å²) in [6.07, 6.45) is 1.44. The highest BCUT2D eigenvalue weighted by Gasteiger charge is 2.32. The molecule has 148 valence electrons. The highest BCUT2D eigenvalue weighted by atomic mass is 32.2. The van der Waals surface area contributed by atoms with Crippen LogP contribution < -0.4 is 0 Å². The summed E-state index contributed by atoms with van der Waals surface area (Å²) >= 11 is 0. The van der Waals surface area contributed by atoms with Gasteiger partial charge in [-0.05, 0) is 29.5 Å². The van der Waals surface area contributed by atoms with Crippen LogP contribution in [0.25, 0.3) is 0 Å². The molecule has 2 rings (SSSR count). The molecule has 0 N–H and O–H groups in total. The number of unbranched alkanes of at least 4 members (excludes halogenated alkanes) is 1. The molecule has 0 saturated carbocycles. The molecular weight excluding hydrogens is 372 g/mol. The lowest BCUT2D eigenvalue weighted by Gasteiger charge is -2.33. The fraction of sp³-hybridized carbons (Fsp3) is 0.667. The number of sulfonamides is 2. The number of rotatable bonds is 6. The molecule has 0 aliphatic carbocycles. The first-order valence-corrected chi connectivity index (χ1v) is 12.1. The lowest BCUT2D eigenvalue weighted by molar-refractivity contribution is 0.272. The molecule has 0 bridgehead atoms. The first kappa shape index (κ1) is 21.3. The molecule has 0 radical (unpaired) electrons. The second-order valence-corrected chi connectivity index (χ2v) is 11.8. The third kappa shape index (κ3) is 4.85. The van der Waals surface area contributed by atoms with Crippen molar-refractivity contribution in [3.63, 3.8) is 0 Å². The minimum Gasteiger partial charge on any atom is -0.212 e. The van der Waals surface area contributed by atoms with Gasteiger partial charge in [-0.25, -0.2) is 16.8 Å². The number of piperazine rings is 1. The van der Waals surface area contributed by atoms with Crippen molar-refractivity contribution >= 4 is 20.0 Å². The van der Waals surface area contributed by atoms with Gasteiger partial charge in [0.2, 0.25) is 20.0 Å². The van der Waals surface area contributed by atoms with Crippen molar-refractivity contribution in [2.24, 2.45) is 0 Å². The Balaban J connectivity index is 2.08. The average molecular weight is 403 g/mol. The summed E-state index contributed by atoms with van der Waals surface area (Å²) in [6.45, 7) is 8.99. The highest BCUT2D eigenvalue weighted by Crippen LogP contribution is 2.25. The van der Waals surface area contributed by atoms with Crippen molar-refractivity contribution in [2.75, 3.05) is 31.9 Å². The molecule has 0 unspecified atom stereocenters. The number of nitrogens with zero attached hydrogens (tertiary/aromatic N) is 2. The lowest BCUT2D eigenvalue weighted by Crippen LogP contribution is -2.50. The Hall–Kier alpha value is -0.960. The molecule has 0 amide bonds. The van der Waals surface area contributed by atoms with Gasteiger partial charge in [-0.15, -0.1) is 0 Å². The third-order valence-electron chi connectivity index (χ3n) is 4.70. The Morgan fingerprint density at radius 3 is 1.85 bits per heavy atom. The van der Waals surface area contributed by atoms with E-state index >= 15 is 0 Å². The SMILES string of the molecule is CCCCS(=O)(=O)N1CCN(S(=O)(=O)c2ccc(C(C)(C)C)cc2)CC1. The Morgan fingerprint density at radius 1 is 0.885 bits per heavy atom. The Morgan fingerprint density at radius 2 is 1.38 bits per heavy atom. The fourth-order valence-electron chi connectivity index (χ4n) is 2.92. The smallest absolute Gasteiger partial charge is 0.212 e. The van der Waals surface area contributed by atoms with Crippen molar-refractivity contribution < 1.29 is 16.8 Å². The van der Waals surface area contributed by atoms with Gasteiger partial charge in [-0.1, -0.05) is 46.2 Å². The van der Waals surface area contributed by atoms with E-state index in [-0.39, 0.29) is 42.2 Å². The molecule has 1 heterocycles. The summed E-state index contributed by atoms with van der Waals surface area (Å²) in [5.74, 6) is 0.129. The van der Waals surface area contributed by atoms with Gasteiger partial charge in [-0.2, -0.15) is 8.61 Å². The van der Waals surface area contributed by atoms with Crippen LogP contribution in [0.3, 0.4) is 0 Å². The van der Waals surface area contributed by atoms with Gasteiger partial charge in [0.05, 0.1) is 10.6 Å². The molecule has 0 spiro atoms. The van der Waals surface area contributed by atoms with Crippen LogP contribution in [0.4, 0.5) is 0 Å². The fourth-order valence-corrected chi connectivity index (χ4v) is 5.97. The van der Waals surface area contributed by atoms with Crippen LogP contribution in [0, 0.1) is 0 Å². The van der Waals surface area contributed by atoms with Gasteiger partial charge in [0.25, 0.3) is 0 Å². The zero-order valence-electron chi connectivity index (χ0n) is 16.1. The molecule has 1 aliphatic heterocycles. The van der Waals surface area contributed by atoms with Crippen molar-refractivity contribution in [3.8, 4) is 0 Å². The Bertz CT molecular complexity index is 802. The van der Waals surface area contributed by atoms with Gasteiger partial charge in [0, 0.05) is 26.2 Å². The van der Waals surface area contributed by atoms with Gasteiger partial charge in [0.15, 0.2) is 0 Å². The van der Waals surface area contributed by atoms with E-state index in [2.05, 4.69) is 20.8 Å². The summed E-state index contributed by atoms with van der Waals surface area (Å²) in [5.41, 5.74) is 1.03. The van der Waals surface area contributed by atoms with Crippen molar-refractivity contribution in [2.45, 2.75) is 50.8 Å². The number of benzene rings is 1. The lowest BCUT2D eigenvalue weighted by atomic mass is 9.87. The standard InChI is InChI=1S/C18H30N2O4S2/c1-5-6-15-25(21,22)19-11-13-20(14-12-19)26(23,24)17-9-7-16(8-10-17)18(2,3)4/h7-10H,5-6,11-15H2,1-4H3. The summed E-state index contributed by atoms with van der Waals surface area (Å²) in [6, 6.07) is 6.97. The van der Waals surface area contributed by atoms with Crippen LogP contribution in [0.15, 0.2) is 29.2 Å². The summed E-state index contributed by atoms with van der Waals surface area (Å²) in [5, 5.41) is 0. The maximum atomic E-state index is 12.8. The van der Waals surface area contributed by atoms with E-state index in [1.54, 1.807) is 12.1 Å². The van der Waals surface area contributed by atoms with E-state index in [9.17, 15) is 16.8 Å². The minimum atomic E-state index is -3.60. The Kier molecular flexibility index (Phi) is 6.53. The van der Waals surface area contributed by atoms with Crippen molar-refractivity contribution in [3.05, 3.63) is 29.8 Å². The molecule has 26 heavy (non-hydrogen) atoms. The van der Waals surface area contributed by atoms with Crippen LogP contribution in [0.5, 0.6) is 0 Å². The van der Waals surface area contributed by atoms with Crippen LogP contribution in [0.2, 0.25) is 0 Å². The summed E-state index contributed by atoms with van der Waals surface area (Å²) < 4.78 is 53.0. The molecule has 1 saturated heterocycles. The normalized spacial score (nSPS) is 18.2. The number of hydrogen-bond donors (Lipinski definition) is 0. The van der Waals surface area contributed by atoms with E-state index in [1.165, 1.54) is 8.61 Å². The van der Waals surface area contributed by atoms with Gasteiger partial charge in [-0.3, -0.25) is 0 Å². The summed E-state index contributed by atoms with van der Waals surface area (Å²) in [7, 11) is -6.89. The van der Waals surface area contributed by atoms with Crippen LogP contribution >= 0.6 is 0 Å². The molecular formula is C18H30N2O4S2. The van der Waals surface area contributed by atoms with Crippen molar-refractivity contribution in [1.82, 2.24) is 8.61 Å². The molecule has 0 aromatic heterocycles. The molecule has 0 atom stereocenters. The van der Waals surface area contributed by atoms with Crippen LogP contribution in [0.1, 0.15) is 46.1 Å². The molecule has 8 heteroatoms. The van der Waals surface area contributed by atoms with Gasteiger partial charge < -0.3 is 0 Å². The minimum absolute atomic E-state index is 0.0409. The largest absolute Gasteiger partial charge is 0.243 e. The van der Waals surface area contributed by atoms with Gasteiger partial charge >= 0.3 is 0 Å².